The number of nitriles is 1. The summed E-state index contributed by atoms with van der Waals surface area (Å²) in [6.07, 6.45) is 5.15. The van der Waals surface area contributed by atoms with Crippen molar-refractivity contribution >= 4 is 23.4 Å². The summed E-state index contributed by atoms with van der Waals surface area (Å²) < 4.78 is 16.0. The molecule has 0 unspecified atom stereocenters. The number of unbranched alkanes of at least 4 members (excludes halogenated alkanes) is 2. The highest BCUT2D eigenvalue weighted by molar-refractivity contribution is 7.99. The first kappa shape index (κ1) is 23.5. The van der Waals surface area contributed by atoms with Crippen molar-refractivity contribution in [3.8, 4) is 23.0 Å². The van der Waals surface area contributed by atoms with Gasteiger partial charge in [-0.15, -0.1) is 11.8 Å². The number of halogens is 1. The van der Waals surface area contributed by atoms with E-state index in [0.717, 1.165) is 39.8 Å². The van der Waals surface area contributed by atoms with Gasteiger partial charge in [0.15, 0.2) is 0 Å². The van der Waals surface area contributed by atoms with Crippen LogP contribution in [0.3, 0.4) is 0 Å². The van der Waals surface area contributed by atoms with E-state index in [1.165, 1.54) is 25.0 Å². The molecular formula is C26H25FN6S. The number of benzene rings is 2. The zero-order valence-corrected chi connectivity index (χ0v) is 19.9. The van der Waals surface area contributed by atoms with Gasteiger partial charge in [-0.1, -0.05) is 38.0 Å². The van der Waals surface area contributed by atoms with Crippen molar-refractivity contribution in [2.75, 3.05) is 11.1 Å². The fraction of sp³-hybridized carbons (Fsp3) is 0.231. The number of thioether (sulfide) groups is 1. The Morgan fingerprint density at radius 1 is 1.12 bits per heavy atom. The molecule has 4 rings (SSSR count). The Morgan fingerprint density at radius 3 is 2.68 bits per heavy atom. The number of anilines is 2. The third-order valence-corrected chi connectivity index (χ3v) is 6.38. The fourth-order valence-corrected chi connectivity index (χ4v) is 4.66. The molecule has 2 heterocycles. The van der Waals surface area contributed by atoms with E-state index in [1.54, 1.807) is 24.0 Å². The summed E-state index contributed by atoms with van der Waals surface area (Å²) in [5, 5.41) is 17.8. The van der Waals surface area contributed by atoms with Crippen LogP contribution in [0.2, 0.25) is 0 Å². The van der Waals surface area contributed by atoms with E-state index in [0.29, 0.717) is 11.6 Å². The van der Waals surface area contributed by atoms with Crippen molar-refractivity contribution < 1.29 is 4.39 Å². The lowest BCUT2D eigenvalue weighted by molar-refractivity contribution is 0.624. The van der Waals surface area contributed by atoms with Gasteiger partial charge in [-0.3, -0.25) is 0 Å². The number of hydrogen-bond acceptors (Lipinski definition) is 6. The highest BCUT2D eigenvalue weighted by Crippen LogP contribution is 2.35. The number of para-hydroxylation sites is 1. The van der Waals surface area contributed by atoms with Gasteiger partial charge in [0, 0.05) is 11.9 Å². The number of nitrogens with one attached hydrogen (secondary N) is 1. The predicted molar refractivity (Wildman–Crippen MR) is 134 cm³/mol. The van der Waals surface area contributed by atoms with Crippen LogP contribution in [0.15, 0.2) is 65.8 Å². The zero-order chi connectivity index (χ0) is 23.9. The molecule has 0 saturated heterocycles. The molecule has 1 N–H and O–H groups in total. The number of aromatic nitrogens is 4. The second-order valence-corrected chi connectivity index (χ2v) is 8.85. The van der Waals surface area contributed by atoms with Gasteiger partial charge in [0.05, 0.1) is 28.2 Å². The lowest BCUT2D eigenvalue weighted by Gasteiger charge is -2.08. The SMILES string of the molecule is CCCCCSc1nn(-c2ccccc2)c(C)c1-c1ccnc(Nc2ccc(C#N)c(F)c2)n1. The quantitative estimate of drug-likeness (QED) is 0.216. The van der Waals surface area contributed by atoms with Gasteiger partial charge in [-0.2, -0.15) is 10.4 Å². The Bertz CT molecular complexity index is 1310. The van der Waals surface area contributed by atoms with Crippen molar-refractivity contribution in [1.29, 1.82) is 5.26 Å². The average molecular weight is 473 g/mol. The normalized spacial score (nSPS) is 10.8. The lowest BCUT2D eigenvalue weighted by atomic mass is 10.2. The maximum Gasteiger partial charge on any atom is 0.227 e. The van der Waals surface area contributed by atoms with Gasteiger partial charge in [0.25, 0.3) is 0 Å². The summed E-state index contributed by atoms with van der Waals surface area (Å²) in [4.78, 5) is 9.01. The lowest BCUT2D eigenvalue weighted by Crippen LogP contribution is -2.00. The third kappa shape index (κ3) is 5.26. The van der Waals surface area contributed by atoms with Crippen LogP contribution >= 0.6 is 11.8 Å². The van der Waals surface area contributed by atoms with Crippen LogP contribution in [0.5, 0.6) is 0 Å². The van der Waals surface area contributed by atoms with Crippen LogP contribution in [-0.4, -0.2) is 25.5 Å². The minimum absolute atomic E-state index is 0.00564. The predicted octanol–water partition coefficient (Wildman–Crippen LogP) is 6.67. The summed E-state index contributed by atoms with van der Waals surface area (Å²) in [6.45, 7) is 4.23. The highest BCUT2D eigenvalue weighted by atomic mass is 32.2. The molecule has 34 heavy (non-hydrogen) atoms. The molecule has 2 aromatic heterocycles. The third-order valence-electron chi connectivity index (χ3n) is 5.33. The van der Waals surface area contributed by atoms with Crippen LogP contribution in [-0.2, 0) is 0 Å². The second kappa shape index (κ2) is 10.9. The van der Waals surface area contributed by atoms with E-state index in [2.05, 4.69) is 17.2 Å². The van der Waals surface area contributed by atoms with Crippen molar-refractivity contribution in [2.45, 2.75) is 38.1 Å². The monoisotopic (exact) mass is 472 g/mol. The van der Waals surface area contributed by atoms with E-state index < -0.39 is 5.82 Å². The zero-order valence-electron chi connectivity index (χ0n) is 19.1. The van der Waals surface area contributed by atoms with E-state index >= 15 is 0 Å². The molecule has 0 radical (unpaired) electrons. The molecule has 172 valence electrons. The van der Waals surface area contributed by atoms with E-state index in [-0.39, 0.29) is 5.56 Å². The molecule has 8 heteroatoms. The van der Waals surface area contributed by atoms with Crippen molar-refractivity contribution in [1.82, 2.24) is 19.7 Å². The second-order valence-electron chi connectivity index (χ2n) is 7.77. The van der Waals surface area contributed by atoms with Crippen LogP contribution in [0.1, 0.15) is 37.4 Å². The average Bonchev–Trinajstić information content (AvgIpc) is 3.18. The fourth-order valence-electron chi connectivity index (χ4n) is 3.58. The first-order valence-electron chi connectivity index (χ1n) is 11.2. The van der Waals surface area contributed by atoms with Crippen LogP contribution in [0.25, 0.3) is 16.9 Å². The Kier molecular flexibility index (Phi) is 7.55. The van der Waals surface area contributed by atoms with Crippen LogP contribution < -0.4 is 5.32 Å². The summed E-state index contributed by atoms with van der Waals surface area (Å²) in [5.41, 5.74) is 4.14. The first-order valence-corrected chi connectivity index (χ1v) is 12.2. The maximum atomic E-state index is 14.0. The standard InChI is InChI=1S/C26H25FN6S/c1-3-4-8-15-34-25-24(18(2)33(32-25)21-9-6-5-7-10-21)23-13-14-29-26(31-23)30-20-12-11-19(17-28)22(27)16-20/h5-7,9-14,16H,3-4,8,15H2,1-2H3,(H,29,30,31). The smallest absolute Gasteiger partial charge is 0.227 e. The molecular weight excluding hydrogens is 447 g/mol. The number of nitrogens with zero attached hydrogens (tertiary/aromatic N) is 5. The molecule has 0 aliphatic heterocycles. The van der Waals surface area contributed by atoms with Crippen molar-refractivity contribution in [2.24, 2.45) is 0 Å². The molecule has 0 saturated carbocycles. The summed E-state index contributed by atoms with van der Waals surface area (Å²) in [5.74, 6) is 0.733. The largest absolute Gasteiger partial charge is 0.324 e. The van der Waals surface area contributed by atoms with Gasteiger partial charge in [0.1, 0.15) is 16.9 Å². The Morgan fingerprint density at radius 2 is 1.94 bits per heavy atom. The van der Waals surface area contributed by atoms with E-state index in [1.807, 2.05) is 54.1 Å². The Labute approximate surface area is 202 Å². The summed E-state index contributed by atoms with van der Waals surface area (Å²) in [6, 6.07) is 18.0. The van der Waals surface area contributed by atoms with Crippen molar-refractivity contribution in [3.05, 3.63) is 77.9 Å². The van der Waals surface area contributed by atoms with E-state index in [9.17, 15) is 4.39 Å². The molecule has 0 aliphatic rings. The van der Waals surface area contributed by atoms with Gasteiger partial charge >= 0.3 is 0 Å². The van der Waals surface area contributed by atoms with Crippen molar-refractivity contribution in [3.63, 3.8) is 0 Å². The molecule has 0 aliphatic carbocycles. The topological polar surface area (TPSA) is 79.4 Å². The van der Waals surface area contributed by atoms with Gasteiger partial charge < -0.3 is 5.32 Å². The highest BCUT2D eigenvalue weighted by Gasteiger charge is 2.19. The van der Waals surface area contributed by atoms with Gasteiger partial charge in [0.2, 0.25) is 5.95 Å². The molecule has 6 nitrogen and oxygen atoms in total. The van der Waals surface area contributed by atoms with E-state index in [4.69, 9.17) is 15.3 Å². The van der Waals surface area contributed by atoms with Crippen LogP contribution in [0.4, 0.5) is 16.0 Å². The Hall–Kier alpha value is -3.70. The van der Waals surface area contributed by atoms with Crippen LogP contribution in [0, 0.1) is 24.1 Å². The molecule has 0 fully saturated rings. The molecule has 0 bridgehead atoms. The summed E-state index contributed by atoms with van der Waals surface area (Å²) >= 11 is 1.73. The molecule has 4 aromatic rings. The molecule has 0 amide bonds. The first-order chi connectivity index (χ1) is 16.6. The maximum absolute atomic E-state index is 14.0. The van der Waals surface area contributed by atoms with Gasteiger partial charge in [-0.05, 0) is 55.5 Å². The molecule has 2 aromatic carbocycles. The minimum atomic E-state index is -0.589. The minimum Gasteiger partial charge on any atom is -0.324 e. The molecule has 0 spiro atoms. The molecule has 0 atom stereocenters. The van der Waals surface area contributed by atoms with Gasteiger partial charge in [-0.25, -0.2) is 19.0 Å². The summed E-state index contributed by atoms with van der Waals surface area (Å²) in [7, 11) is 0. The number of hydrogen-bond donors (Lipinski definition) is 1. The Balaban J connectivity index is 1.69. The number of rotatable bonds is 9.